The average molecular weight is 601 g/mol. The molecule has 0 unspecified atom stereocenters. The van der Waals surface area contributed by atoms with E-state index < -0.39 is 0 Å². The fourth-order valence-electron chi connectivity index (χ4n) is 4.64. The van der Waals surface area contributed by atoms with Gasteiger partial charge in [0, 0.05) is 50.1 Å². The number of benzene rings is 1. The van der Waals surface area contributed by atoms with Gasteiger partial charge in [-0.05, 0) is 112 Å². The second-order valence-corrected chi connectivity index (χ2v) is 15.0. The van der Waals surface area contributed by atoms with Crippen molar-refractivity contribution in [1.82, 2.24) is 8.75 Å². The summed E-state index contributed by atoms with van der Waals surface area (Å²) in [6.07, 6.45) is 0. The first-order valence-corrected chi connectivity index (χ1v) is 16.7. The van der Waals surface area contributed by atoms with Crippen molar-refractivity contribution < 1.29 is 0 Å². The Bertz CT molecular complexity index is 1750. The highest BCUT2D eigenvalue weighted by Crippen LogP contribution is 2.43. The molecule has 0 spiro atoms. The van der Waals surface area contributed by atoms with Gasteiger partial charge >= 0.3 is 0 Å². The zero-order chi connectivity index (χ0) is 27.3. The summed E-state index contributed by atoms with van der Waals surface area (Å²) < 4.78 is 9.51. The van der Waals surface area contributed by atoms with Gasteiger partial charge in [0.25, 0.3) is 0 Å². The molecule has 0 aliphatic rings. The van der Waals surface area contributed by atoms with Gasteiger partial charge in [0.1, 0.15) is 11.0 Å². The quantitative estimate of drug-likeness (QED) is 0.190. The van der Waals surface area contributed by atoms with E-state index in [4.69, 9.17) is 8.75 Å². The maximum absolute atomic E-state index is 4.76. The van der Waals surface area contributed by atoms with Crippen molar-refractivity contribution in [2.45, 2.75) is 41.5 Å². The summed E-state index contributed by atoms with van der Waals surface area (Å²) in [5.41, 5.74) is 9.66. The largest absolute Gasteiger partial charge is 0.172 e. The molecular weight excluding hydrogens is 573 g/mol. The van der Waals surface area contributed by atoms with Crippen LogP contribution in [0.2, 0.25) is 0 Å². The molecule has 5 heterocycles. The highest BCUT2D eigenvalue weighted by molar-refractivity contribution is 7.17. The van der Waals surface area contributed by atoms with E-state index in [2.05, 4.69) is 102 Å². The Morgan fingerprint density at radius 3 is 1.18 bits per heavy atom. The van der Waals surface area contributed by atoms with Crippen LogP contribution in [0.4, 0.5) is 0 Å². The van der Waals surface area contributed by atoms with E-state index in [0.29, 0.717) is 0 Å². The van der Waals surface area contributed by atoms with Crippen molar-refractivity contribution in [2.75, 3.05) is 0 Å². The minimum Gasteiger partial charge on any atom is -0.172 e. The third kappa shape index (κ3) is 5.03. The molecule has 0 atom stereocenters. The molecule has 1 aromatic carbocycles. The maximum atomic E-state index is 4.76. The zero-order valence-electron chi connectivity index (χ0n) is 22.7. The van der Waals surface area contributed by atoms with Crippen LogP contribution in [0, 0.1) is 13.8 Å². The number of allylic oxidation sites excluding steroid dienone is 4. The lowest BCUT2D eigenvalue weighted by atomic mass is 10.1. The van der Waals surface area contributed by atoms with Gasteiger partial charge in [0.2, 0.25) is 0 Å². The van der Waals surface area contributed by atoms with Crippen molar-refractivity contribution in [2.24, 2.45) is 0 Å². The van der Waals surface area contributed by atoms with Crippen LogP contribution in [-0.2, 0) is 0 Å². The minimum atomic E-state index is 0.991. The van der Waals surface area contributed by atoms with Crippen LogP contribution in [0.15, 0.2) is 60.7 Å². The first-order valence-electron chi connectivity index (χ1n) is 12.7. The van der Waals surface area contributed by atoms with Gasteiger partial charge < -0.3 is 0 Å². The van der Waals surface area contributed by atoms with Crippen molar-refractivity contribution in [3.05, 3.63) is 89.9 Å². The Morgan fingerprint density at radius 1 is 0.462 bits per heavy atom. The lowest BCUT2D eigenvalue weighted by Crippen LogP contribution is -1.82. The van der Waals surface area contributed by atoms with Gasteiger partial charge in [0.15, 0.2) is 0 Å². The Balaban J connectivity index is 1.34. The molecule has 39 heavy (non-hydrogen) atoms. The van der Waals surface area contributed by atoms with Crippen LogP contribution in [0.5, 0.6) is 0 Å². The topological polar surface area (TPSA) is 25.8 Å². The highest BCUT2D eigenvalue weighted by atomic mass is 32.1. The summed E-state index contributed by atoms with van der Waals surface area (Å²) in [5, 5.41) is 0. The SMILES string of the molecule is C/C(=C(/C)c1ccc(-c2ccc(-c3ccc(/C(C)=C(\C)c4ccc(C)s4)s3)c3nsnc23)s1)c1ccc(C)s1. The van der Waals surface area contributed by atoms with Gasteiger partial charge in [-0.2, -0.15) is 8.75 Å². The maximum Gasteiger partial charge on any atom is 0.114 e. The normalized spacial score (nSPS) is 13.2. The summed E-state index contributed by atoms with van der Waals surface area (Å²) in [6.45, 7) is 13.3. The second kappa shape index (κ2) is 10.7. The van der Waals surface area contributed by atoms with Crippen molar-refractivity contribution >= 4 is 90.4 Å². The number of fused-ring (bicyclic) bond motifs is 1. The number of nitrogens with zero attached hydrogens (tertiary/aromatic N) is 2. The van der Waals surface area contributed by atoms with Crippen molar-refractivity contribution in [3.8, 4) is 20.9 Å². The predicted molar refractivity (Wildman–Crippen MR) is 178 cm³/mol. The summed E-state index contributed by atoms with van der Waals surface area (Å²) in [6, 6.07) is 22.3. The molecule has 6 rings (SSSR count). The number of rotatable bonds is 6. The third-order valence-electron chi connectivity index (χ3n) is 7.24. The molecule has 0 bridgehead atoms. The summed E-state index contributed by atoms with van der Waals surface area (Å²) in [5.74, 6) is 0. The van der Waals surface area contributed by atoms with Crippen LogP contribution in [0.1, 0.15) is 57.0 Å². The number of aryl methyl sites for hydroxylation is 2. The average Bonchev–Trinajstić information content (AvgIpc) is 3.76. The number of thiophene rings is 4. The fourth-order valence-corrected chi connectivity index (χ4v) is 9.25. The molecule has 0 aliphatic heterocycles. The Kier molecular flexibility index (Phi) is 7.29. The van der Waals surface area contributed by atoms with Crippen molar-refractivity contribution in [1.29, 1.82) is 0 Å². The van der Waals surface area contributed by atoms with E-state index in [1.807, 2.05) is 45.3 Å². The number of hydrogen-bond acceptors (Lipinski definition) is 7. The van der Waals surface area contributed by atoms with Crippen LogP contribution in [0.3, 0.4) is 0 Å². The molecule has 0 aliphatic carbocycles. The van der Waals surface area contributed by atoms with Crippen molar-refractivity contribution in [3.63, 3.8) is 0 Å². The molecule has 0 saturated carbocycles. The predicted octanol–water partition coefficient (Wildman–Crippen LogP) is 11.8. The summed E-state index contributed by atoms with van der Waals surface area (Å²) in [7, 11) is 0. The smallest absolute Gasteiger partial charge is 0.114 e. The molecule has 5 aromatic heterocycles. The molecule has 2 nitrogen and oxygen atoms in total. The molecule has 0 fully saturated rings. The molecule has 7 heteroatoms. The minimum absolute atomic E-state index is 0.991. The standard InChI is InChI=1S/C32H28N2S5/c1-17-7-11-25(35-17)19(3)21(5)27-13-15-29(37-27)23-9-10-24(32-31(23)33-39-34-32)30-16-14-28(38-30)22(6)20(4)26-12-8-18(2)36-26/h7-16H,1-6H3/b21-19+,22-20+. The molecule has 6 aromatic rings. The molecular formula is C32H28N2S5. The number of aromatic nitrogens is 2. The summed E-state index contributed by atoms with van der Waals surface area (Å²) >= 11 is 8.69. The lowest BCUT2D eigenvalue weighted by Gasteiger charge is -2.05. The van der Waals surface area contributed by atoms with Gasteiger partial charge in [-0.3, -0.25) is 0 Å². The third-order valence-corrected chi connectivity index (χ3v) is 12.5. The van der Waals surface area contributed by atoms with E-state index in [-0.39, 0.29) is 0 Å². The van der Waals surface area contributed by atoms with E-state index in [1.54, 1.807) is 0 Å². The van der Waals surface area contributed by atoms with E-state index in [9.17, 15) is 0 Å². The molecule has 0 radical (unpaired) electrons. The Labute approximate surface area is 250 Å². The molecule has 0 amide bonds. The second-order valence-electron chi connectivity index (χ2n) is 9.77. The monoisotopic (exact) mass is 600 g/mol. The van der Waals surface area contributed by atoms with Crippen LogP contribution in [0.25, 0.3) is 54.2 Å². The van der Waals surface area contributed by atoms with E-state index in [0.717, 1.165) is 22.2 Å². The van der Waals surface area contributed by atoms with Gasteiger partial charge in [-0.25, -0.2) is 0 Å². The van der Waals surface area contributed by atoms with E-state index in [1.165, 1.54) is 73.0 Å². The first kappa shape index (κ1) is 26.5. The van der Waals surface area contributed by atoms with Gasteiger partial charge in [-0.15, -0.1) is 45.3 Å². The lowest BCUT2D eigenvalue weighted by molar-refractivity contribution is 1.62. The Hall–Kier alpha value is -2.68. The van der Waals surface area contributed by atoms with Gasteiger partial charge in [-0.1, -0.05) is 12.1 Å². The van der Waals surface area contributed by atoms with E-state index >= 15 is 0 Å². The fraction of sp³-hybridized carbons (Fsp3) is 0.188. The van der Waals surface area contributed by atoms with Crippen LogP contribution in [-0.4, -0.2) is 8.75 Å². The van der Waals surface area contributed by atoms with Crippen LogP contribution < -0.4 is 0 Å². The molecule has 196 valence electrons. The van der Waals surface area contributed by atoms with Crippen LogP contribution >= 0.6 is 57.1 Å². The van der Waals surface area contributed by atoms with Gasteiger partial charge in [0.05, 0.1) is 11.7 Å². The molecule has 0 saturated heterocycles. The first-order chi connectivity index (χ1) is 18.8. The summed E-state index contributed by atoms with van der Waals surface area (Å²) in [4.78, 5) is 10.4. The Morgan fingerprint density at radius 2 is 0.821 bits per heavy atom. The number of hydrogen-bond donors (Lipinski definition) is 0. The highest BCUT2D eigenvalue weighted by Gasteiger charge is 2.17. The molecule has 0 N–H and O–H groups in total. The zero-order valence-corrected chi connectivity index (χ0v) is 26.8.